The second kappa shape index (κ2) is 6.11. The summed E-state index contributed by atoms with van der Waals surface area (Å²) >= 11 is 0. The molecule has 3 heterocycles. The Morgan fingerprint density at radius 1 is 1.25 bits per heavy atom. The van der Waals surface area contributed by atoms with Gasteiger partial charge in [-0.05, 0) is 44.5 Å². The zero-order valence-electron chi connectivity index (χ0n) is 14.0. The number of hydrogen-bond acceptors (Lipinski definition) is 6. The molecule has 0 bridgehead atoms. The molecule has 2 aliphatic rings. The predicted octanol–water partition coefficient (Wildman–Crippen LogP) is 2.37. The molecule has 128 valence electrons. The van der Waals surface area contributed by atoms with Gasteiger partial charge in [-0.1, -0.05) is 11.2 Å². The smallest absolute Gasteiger partial charge is 0.231 e. The van der Waals surface area contributed by atoms with Gasteiger partial charge in [0.05, 0.1) is 11.8 Å². The highest BCUT2D eigenvalue weighted by Crippen LogP contribution is 2.37. The molecule has 1 fully saturated rings. The fraction of sp³-hybridized carbons (Fsp3) is 0.500. The largest absolute Gasteiger partial charge is 0.454 e. The fourth-order valence-electron chi connectivity index (χ4n) is 3.62. The molecule has 1 N–H and O–H groups in total. The molecule has 1 aromatic heterocycles. The van der Waals surface area contributed by atoms with Gasteiger partial charge in [-0.3, -0.25) is 4.90 Å². The fourth-order valence-corrected chi connectivity index (χ4v) is 3.62. The molecule has 1 saturated heterocycles. The quantitative estimate of drug-likeness (QED) is 0.932. The van der Waals surface area contributed by atoms with Crippen molar-refractivity contribution in [2.24, 2.45) is 0 Å². The summed E-state index contributed by atoms with van der Waals surface area (Å²) in [6, 6.07) is 5.96. The number of rotatable bonds is 3. The van der Waals surface area contributed by atoms with Gasteiger partial charge >= 0.3 is 0 Å². The Balaban J connectivity index is 1.45. The van der Waals surface area contributed by atoms with E-state index in [0.717, 1.165) is 53.6 Å². The van der Waals surface area contributed by atoms with E-state index < -0.39 is 6.10 Å². The minimum Gasteiger partial charge on any atom is -0.454 e. The number of hydrogen-bond donors (Lipinski definition) is 1. The summed E-state index contributed by atoms with van der Waals surface area (Å²) in [6.45, 7) is 6.51. The molecule has 1 aromatic carbocycles. The highest BCUT2D eigenvalue weighted by Gasteiger charge is 2.30. The number of fused-ring (bicyclic) bond motifs is 1. The first kappa shape index (κ1) is 15.5. The van der Waals surface area contributed by atoms with E-state index in [0.29, 0.717) is 6.54 Å². The van der Waals surface area contributed by atoms with Gasteiger partial charge in [-0.2, -0.15) is 0 Å². The van der Waals surface area contributed by atoms with Gasteiger partial charge < -0.3 is 19.1 Å². The summed E-state index contributed by atoms with van der Waals surface area (Å²) in [5, 5.41) is 14.7. The highest BCUT2D eigenvalue weighted by atomic mass is 16.7. The number of aliphatic hydroxyl groups is 1. The number of piperidine rings is 1. The van der Waals surface area contributed by atoms with Crippen molar-refractivity contribution in [3.8, 4) is 11.5 Å². The van der Waals surface area contributed by atoms with E-state index in [4.69, 9.17) is 14.0 Å². The Kier molecular flexibility index (Phi) is 3.94. The van der Waals surface area contributed by atoms with Crippen LogP contribution in [0.2, 0.25) is 0 Å². The monoisotopic (exact) mass is 330 g/mol. The van der Waals surface area contributed by atoms with E-state index in [1.165, 1.54) is 0 Å². The van der Waals surface area contributed by atoms with Gasteiger partial charge in [-0.15, -0.1) is 0 Å². The van der Waals surface area contributed by atoms with Gasteiger partial charge in [0.25, 0.3) is 0 Å². The maximum absolute atomic E-state index is 10.7. The molecule has 0 aliphatic carbocycles. The Morgan fingerprint density at radius 3 is 2.83 bits per heavy atom. The Morgan fingerprint density at radius 2 is 2.08 bits per heavy atom. The Labute approximate surface area is 141 Å². The number of ether oxygens (including phenoxy) is 2. The summed E-state index contributed by atoms with van der Waals surface area (Å²) in [5.41, 5.74) is 3.17. The molecule has 2 aliphatic heterocycles. The van der Waals surface area contributed by atoms with Crippen LogP contribution < -0.4 is 9.47 Å². The molecule has 0 amide bonds. The molecule has 6 nitrogen and oxygen atoms in total. The van der Waals surface area contributed by atoms with Crippen molar-refractivity contribution in [3.05, 3.63) is 40.8 Å². The molecule has 0 saturated carbocycles. The molecule has 0 spiro atoms. The minimum atomic E-state index is -0.403. The van der Waals surface area contributed by atoms with Crippen LogP contribution in [0.3, 0.4) is 0 Å². The molecule has 2 aromatic rings. The molecule has 24 heavy (non-hydrogen) atoms. The predicted molar refractivity (Wildman–Crippen MR) is 87.2 cm³/mol. The van der Waals surface area contributed by atoms with Crippen molar-refractivity contribution in [2.75, 3.05) is 19.9 Å². The van der Waals surface area contributed by atoms with Gasteiger partial charge in [0.15, 0.2) is 11.5 Å². The third-order valence-electron chi connectivity index (χ3n) is 5.05. The first-order valence-electron chi connectivity index (χ1n) is 8.33. The van der Waals surface area contributed by atoms with Gasteiger partial charge in [-0.25, -0.2) is 0 Å². The van der Waals surface area contributed by atoms with Crippen LogP contribution in [-0.4, -0.2) is 41.1 Å². The van der Waals surface area contributed by atoms with E-state index in [1.54, 1.807) is 0 Å². The first-order valence-corrected chi connectivity index (χ1v) is 8.33. The SMILES string of the molecule is Cc1noc(C)c1CN1CC[C@@H](c2ccc3c(c2)OCO3)[C@H](O)C1. The van der Waals surface area contributed by atoms with Crippen LogP contribution >= 0.6 is 0 Å². The standard InChI is InChI=1S/C18H22N2O4/c1-11-15(12(2)24-19-11)8-20-6-5-14(16(21)9-20)13-3-4-17-18(7-13)23-10-22-17/h3-4,7,14,16,21H,5-6,8-10H2,1-2H3/t14-,16+/m0/s1. The number of aryl methyl sites for hydroxylation is 2. The first-order chi connectivity index (χ1) is 11.6. The number of aliphatic hydroxyl groups excluding tert-OH is 1. The van der Waals surface area contributed by atoms with Crippen LogP contribution in [0.25, 0.3) is 0 Å². The van der Waals surface area contributed by atoms with Crippen molar-refractivity contribution in [1.29, 1.82) is 0 Å². The number of aromatic nitrogens is 1. The Bertz CT molecular complexity index is 723. The lowest BCUT2D eigenvalue weighted by Crippen LogP contribution is -2.42. The average Bonchev–Trinajstić information content (AvgIpc) is 3.16. The van der Waals surface area contributed by atoms with Crippen LogP contribution in [0.4, 0.5) is 0 Å². The van der Waals surface area contributed by atoms with Crippen LogP contribution in [0, 0.1) is 13.8 Å². The lowest BCUT2D eigenvalue weighted by molar-refractivity contribution is 0.0473. The zero-order valence-corrected chi connectivity index (χ0v) is 14.0. The van der Waals surface area contributed by atoms with Crippen molar-refractivity contribution < 1.29 is 19.1 Å². The molecule has 0 radical (unpaired) electrons. The second-order valence-corrected chi connectivity index (χ2v) is 6.61. The lowest BCUT2D eigenvalue weighted by atomic mass is 9.86. The maximum Gasteiger partial charge on any atom is 0.231 e. The van der Waals surface area contributed by atoms with Crippen LogP contribution in [0.1, 0.15) is 34.9 Å². The van der Waals surface area contributed by atoms with Crippen molar-refractivity contribution >= 4 is 0 Å². The number of likely N-dealkylation sites (tertiary alicyclic amines) is 1. The second-order valence-electron chi connectivity index (χ2n) is 6.61. The summed E-state index contributed by atoms with van der Waals surface area (Å²) in [4.78, 5) is 2.26. The summed E-state index contributed by atoms with van der Waals surface area (Å²) in [7, 11) is 0. The summed E-state index contributed by atoms with van der Waals surface area (Å²) in [5.74, 6) is 2.54. The molecule has 4 rings (SSSR count). The summed E-state index contributed by atoms with van der Waals surface area (Å²) in [6.07, 6.45) is 0.504. The topological polar surface area (TPSA) is 68.0 Å². The minimum absolute atomic E-state index is 0.125. The van der Waals surface area contributed by atoms with Gasteiger partial charge in [0, 0.05) is 24.6 Å². The third-order valence-corrected chi connectivity index (χ3v) is 5.05. The third kappa shape index (κ3) is 2.76. The van der Waals surface area contributed by atoms with Gasteiger partial charge in [0.1, 0.15) is 5.76 Å². The molecule has 0 unspecified atom stereocenters. The number of nitrogens with zero attached hydrogens (tertiary/aromatic N) is 2. The van der Waals surface area contributed by atoms with E-state index >= 15 is 0 Å². The zero-order chi connectivity index (χ0) is 16.7. The molecular formula is C18H22N2O4. The van der Waals surface area contributed by atoms with E-state index in [-0.39, 0.29) is 12.7 Å². The highest BCUT2D eigenvalue weighted by molar-refractivity contribution is 5.45. The summed E-state index contributed by atoms with van der Waals surface area (Å²) < 4.78 is 16.0. The lowest BCUT2D eigenvalue weighted by Gasteiger charge is -2.36. The van der Waals surface area contributed by atoms with Crippen molar-refractivity contribution in [1.82, 2.24) is 10.1 Å². The average molecular weight is 330 g/mol. The molecular weight excluding hydrogens is 308 g/mol. The maximum atomic E-state index is 10.7. The normalized spacial score (nSPS) is 23.6. The number of benzene rings is 1. The van der Waals surface area contributed by atoms with Crippen LogP contribution in [-0.2, 0) is 6.54 Å². The van der Waals surface area contributed by atoms with E-state index in [1.807, 2.05) is 32.0 Å². The Hall–Kier alpha value is -2.05. The van der Waals surface area contributed by atoms with Crippen LogP contribution in [0.15, 0.2) is 22.7 Å². The van der Waals surface area contributed by atoms with E-state index in [9.17, 15) is 5.11 Å². The number of β-amino-alcohol motifs (C(OH)–C–C–N with tert-alkyl or cyclic N) is 1. The molecule has 2 atom stereocenters. The van der Waals surface area contributed by atoms with Gasteiger partial charge in [0.2, 0.25) is 6.79 Å². The van der Waals surface area contributed by atoms with Crippen LogP contribution in [0.5, 0.6) is 11.5 Å². The van der Waals surface area contributed by atoms with E-state index in [2.05, 4.69) is 10.1 Å². The molecule has 6 heteroatoms. The van der Waals surface area contributed by atoms with Crippen molar-refractivity contribution in [2.45, 2.75) is 38.8 Å². The van der Waals surface area contributed by atoms with Crippen molar-refractivity contribution in [3.63, 3.8) is 0 Å².